The van der Waals surface area contributed by atoms with Crippen molar-refractivity contribution in [2.24, 2.45) is 0 Å². The summed E-state index contributed by atoms with van der Waals surface area (Å²) in [6.45, 7) is 2.12. The lowest BCUT2D eigenvalue weighted by Gasteiger charge is -1.99. The van der Waals surface area contributed by atoms with Crippen molar-refractivity contribution in [3.8, 4) is 0 Å². The van der Waals surface area contributed by atoms with E-state index in [1.807, 2.05) is 24.3 Å². The summed E-state index contributed by atoms with van der Waals surface area (Å²) in [5.41, 5.74) is 1.55. The average molecular weight is 364 g/mol. The Hall–Kier alpha value is -0.810. The predicted octanol–water partition coefficient (Wildman–Crippen LogP) is 4.08. The second kappa shape index (κ2) is 6.21. The van der Waals surface area contributed by atoms with E-state index in [-0.39, 0.29) is 17.0 Å². The van der Waals surface area contributed by atoms with Gasteiger partial charge >= 0.3 is 5.97 Å². The molecule has 2 rings (SSSR count). The lowest BCUT2D eigenvalue weighted by Crippen LogP contribution is -2.05. The van der Waals surface area contributed by atoms with Gasteiger partial charge in [-0.2, -0.15) is 0 Å². The second-order valence-corrected chi connectivity index (χ2v) is 3.82. The summed E-state index contributed by atoms with van der Waals surface area (Å²) in [4.78, 5) is 11.7. The fourth-order valence-corrected chi connectivity index (χ4v) is 2.15. The molecule has 0 bridgehead atoms. The van der Waals surface area contributed by atoms with Gasteiger partial charge in [0.05, 0.1) is 6.61 Å². The maximum absolute atomic E-state index is 11.7. The van der Waals surface area contributed by atoms with Crippen LogP contribution in [0.3, 0.4) is 0 Å². The molecule has 3 nitrogen and oxygen atoms in total. The number of halogens is 2. The number of hydrogen-bond donors (Lipinski definition) is 0. The third-order valence-electron chi connectivity index (χ3n) is 2.29. The molecule has 0 atom stereocenters. The topological polar surface area (TPSA) is 39.4 Å². The van der Waals surface area contributed by atoms with E-state index in [0.717, 1.165) is 10.9 Å². The molecule has 0 fully saturated rings. The molecule has 0 N–H and O–H groups in total. The summed E-state index contributed by atoms with van der Waals surface area (Å²) in [6, 6.07) is 7.56. The Labute approximate surface area is 118 Å². The average Bonchev–Trinajstić information content (AvgIpc) is 2.67. The zero-order chi connectivity index (χ0) is 11.5. The van der Waals surface area contributed by atoms with Crippen LogP contribution in [0, 0.1) is 0 Å². The first-order chi connectivity index (χ1) is 7.77. The first-order valence-corrected chi connectivity index (χ1v) is 6.13. The Morgan fingerprint density at radius 1 is 1.41 bits per heavy atom. The smallest absolute Gasteiger partial charge is 0.374 e. The summed E-state index contributed by atoms with van der Waals surface area (Å²) in [5.74, 6) is -0.118. The van der Waals surface area contributed by atoms with Gasteiger partial charge < -0.3 is 9.15 Å². The fraction of sp³-hybridized carbons (Fsp3) is 0.250. The molecule has 0 aliphatic heterocycles. The summed E-state index contributed by atoms with van der Waals surface area (Å²) in [7, 11) is 0. The van der Waals surface area contributed by atoms with Gasteiger partial charge in [-0.05, 0) is 13.0 Å². The van der Waals surface area contributed by atoms with Crippen LogP contribution in [-0.4, -0.2) is 12.6 Å². The Balaban J connectivity index is 0.00000144. The molecular weight excluding hydrogens is 352 g/mol. The quantitative estimate of drug-likeness (QED) is 0.609. The molecule has 0 radical (unpaired) electrons. The van der Waals surface area contributed by atoms with Crippen molar-refractivity contribution in [3.63, 3.8) is 0 Å². The summed E-state index contributed by atoms with van der Waals surface area (Å²) < 4.78 is 10.4. The van der Waals surface area contributed by atoms with Gasteiger partial charge in [-0.25, -0.2) is 4.79 Å². The molecule has 1 heterocycles. The summed E-state index contributed by atoms with van der Waals surface area (Å²) >= 11 is 3.36. The lowest BCUT2D eigenvalue weighted by molar-refractivity contribution is 0.0491. The van der Waals surface area contributed by atoms with Crippen LogP contribution in [0.15, 0.2) is 28.7 Å². The molecule has 2 aromatic rings. The van der Waals surface area contributed by atoms with E-state index in [4.69, 9.17) is 9.15 Å². The first-order valence-electron chi connectivity index (χ1n) is 5.01. The van der Waals surface area contributed by atoms with E-state index in [1.165, 1.54) is 0 Å². The van der Waals surface area contributed by atoms with E-state index < -0.39 is 5.97 Å². The number of rotatable bonds is 3. The molecule has 0 aliphatic rings. The zero-order valence-electron chi connectivity index (χ0n) is 9.23. The number of carbonyl (C=O) groups excluding carboxylic acids is 1. The molecule has 0 aliphatic carbocycles. The molecule has 0 unspecified atom stereocenters. The zero-order valence-corrected chi connectivity index (χ0v) is 12.5. The molecule has 0 amide bonds. The standard InChI is InChI=1S/C12H11BrO3.BrH/c1-2-15-12(14)11-9(7-13)8-5-3-4-6-10(8)16-11;/h3-6H,2,7H2,1H3;1H. The number of ether oxygens (including phenoxy) is 1. The maximum atomic E-state index is 11.7. The van der Waals surface area contributed by atoms with Crippen LogP contribution >= 0.6 is 32.9 Å². The van der Waals surface area contributed by atoms with Crippen LogP contribution in [0.4, 0.5) is 0 Å². The molecule has 5 heteroatoms. The van der Waals surface area contributed by atoms with E-state index >= 15 is 0 Å². The minimum absolute atomic E-state index is 0. The van der Waals surface area contributed by atoms with E-state index in [2.05, 4.69) is 15.9 Å². The van der Waals surface area contributed by atoms with Gasteiger partial charge in [0.2, 0.25) is 5.76 Å². The van der Waals surface area contributed by atoms with Crippen LogP contribution in [0.1, 0.15) is 23.0 Å². The second-order valence-electron chi connectivity index (χ2n) is 3.26. The summed E-state index contributed by atoms with van der Waals surface area (Å²) in [6.07, 6.45) is 0. The number of furan rings is 1. The van der Waals surface area contributed by atoms with Gasteiger partial charge in [0.25, 0.3) is 0 Å². The van der Waals surface area contributed by atoms with Crippen molar-refractivity contribution in [2.45, 2.75) is 12.3 Å². The van der Waals surface area contributed by atoms with Gasteiger partial charge in [-0.3, -0.25) is 0 Å². The Kier molecular flexibility index (Phi) is 5.21. The van der Waals surface area contributed by atoms with Crippen LogP contribution in [0.2, 0.25) is 0 Å². The third-order valence-corrected chi connectivity index (χ3v) is 2.85. The van der Waals surface area contributed by atoms with Crippen LogP contribution in [0.5, 0.6) is 0 Å². The van der Waals surface area contributed by atoms with Crippen molar-refractivity contribution in [1.82, 2.24) is 0 Å². The maximum Gasteiger partial charge on any atom is 0.374 e. The molecule has 1 aromatic heterocycles. The molecule has 0 spiro atoms. The van der Waals surface area contributed by atoms with Crippen LogP contribution in [0.25, 0.3) is 11.0 Å². The monoisotopic (exact) mass is 362 g/mol. The van der Waals surface area contributed by atoms with Crippen molar-refractivity contribution in [3.05, 3.63) is 35.6 Å². The van der Waals surface area contributed by atoms with E-state index in [0.29, 0.717) is 23.3 Å². The van der Waals surface area contributed by atoms with Crippen molar-refractivity contribution in [2.75, 3.05) is 6.61 Å². The van der Waals surface area contributed by atoms with Gasteiger partial charge in [0, 0.05) is 16.3 Å². The Bertz CT molecular complexity index is 519. The number of benzene rings is 1. The van der Waals surface area contributed by atoms with E-state index in [9.17, 15) is 4.79 Å². The molecule has 17 heavy (non-hydrogen) atoms. The van der Waals surface area contributed by atoms with E-state index in [1.54, 1.807) is 6.92 Å². The minimum Gasteiger partial charge on any atom is -0.460 e. The molecule has 0 saturated heterocycles. The highest BCUT2D eigenvalue weighted by Gasteiger charge is 2.20. The number of alkyl halides is 1. The number of carbonyl (C=O) groups is 1. The van der Waals surface area contributed by atoms with Gasteiger partial charge in [0.15, 0.2) is 0 Å². The third kappa shape index (κ3) is 2.72. The van der Waals surface area contributed by atoms with Gasteiger partial charge in [0.1, 0.15) is 5.58 Å². The normalized spacial score (nSPS) is 10.0. The number of hydrogen-bond acceptors (Lipinski definition) is 3. The largest absolute Gasteiger partial charge is 0.460 e. The van der Waals surface area contributed by atoms with Crippen molar-refractivity contribution >= 4 is 49.8 Å². The molecular formula is C12H12Br2O3. The van der Waals surface area contributed by atoms with Gasteiger partial charge in [-0.1, -0.05) is 34.1 Å². The highest BCUT2D eigenvalue weighted by molar-refractivity contribution is 9.08. The highest BCUT2D eigenvalue weighted by Crippen LogP contribution is 2.28. The lowest BCUT2D eigenvalue weighted by atomic mass is 10.1. The Morgan fingerprint density at radius 3 is 2.76 bits per heavy atom. The van der Waals surface area contributed by atoms with Crippen molar-refractivity contribution < 1.29 is 13.9 Å². The SMILES string of the molecule is Br.CCOC(=O)c1oc2ccccc2c1CBr. The number of fused-ring (bicyclic) bond motifs is 1. The number of para-hydroxylation sites is 1. The predicted molar refractivity (Wildman–Crippen MR) is 75.1 cm³/mol. The van der Waals surface area contributed by atoms with Crippen LogP contribution < -0.4 is 0 Å². The first kappa shape index (κ1) is 14.3. The molecule has 1 aromatic carbocycles. The summed E-state index contributed by atoms with van der Waals surface area (Å²) in [5, 5.41) is 1.51. The molecule has 0 saturated carbocycles. The Morgan fingerprint density at radius 2 is 2.12 bits per heavy atom. The minimum atomic E-state index is -0.409. The van der Waals surface area contributed by atoms with Crippen LogP contribution in [-0.2, 0) is 10.1 Å². The molecule has 92 valence electrons. The van der Waals surface area contributed by atoms with Gasteiger partial charge in [-0.15, -0.1) is 17.0 Å². The van der Waals surface area contributed by atoms with Crippen molar-refractivity contribution in [1.29, 1.82) is 0 Å². The number of esters is 1. The highest BCUT2D eigenvalue weighted by atomic mass is 79.9. The fourth-order valence-electron chi connectivity index (χ4n) is 1.59.